The van der Waals surface area contributed by atoms with E-state index in [1.165, 1.54) is 18.2 Å². The van der Waals surface area contributed by atoms with Gasteiger partial charge in [0, 0.05) is 6.42 Å². The number of carbonyl (C=O) groups is 3. The third-order valence-electron chi connectivity index (χ3n) is 2.53. The third kappa shape index (κ3) is 3.87. The Kier molecular flexibility index (Phi) is 4.90. The first-order valence-corrected chi connectivity index (χ1v) is 5.66. The summed E-state index contributed by atoms with van der Waals surface area (Å²) >= 11 is 0. The Hall–Kier alpha value is -2.77. The summed E-state index contributed by atoms with van der Waals surface area (Å²) in [5.41, 5.74) is 4.47. The van der Waals surface area contributed by atoms with Crippen LogP contribution in [-0.4, -0.2) is 39.1 Å². The Morgan fingerprint density at radius 1 is 1.20 bits per heavy atom. The number of primary amides is 1. The van der Waals surface area contributed by atoms with Crippen molar-refractivity contribution in [2.24, 2.45) is 5.73 Å². The zero-order valence-electron chi connectivity index (χ0n) is 10.4. The molecule has 20 heavy (non-hydrogen) atoms. The molecule has 0 aliphatic heterocycles. The van der Waals surface area contributed by atoms with Gasteiger partial charge in [-0.05, 0) is 18.6 Å². The van der Waals surface area contributed by atoms with Crippen molar-refractivity contribution < 1.29 is 29.7 Å². The zero-order valence-corrected chi connectivity index (χ0v) is 10.4. The summed E-state index contributed by atoms with van der Waals surface area (Å²) in [7, 11) is 0. The number of nitrogens with one attached hydrogen (secondary N) is 1. The molecule has 0 aliphatic rings. The lowest BCUT2D eigenvalue weighted by Crippen LogP contribution is -2.41. The Morgan fingerprint density at radius 2 is 1.75 bits per heavy atom. The summed E-state index contributed by atoms with van der Waals surface area (Å²) in [6.45, 7) is 0. The average molecular weight is 282 g/mol. The summed E-state index contributed by atoms with van der Waals surface area (Å²) in [6.07, 6.45) is -0.408. The van der Waals surface area contributed by atoms with Gasteiger partial charge in [-0.2, -0.15) is 0 Å². The molecule has 0 heterocycles. The Bertz CT molecular complexity index is 522. The van der Waals surface area contributed by atoms with Crippen molar-refractivity contribution in [3.63, 3.8) is 0 Å². The van der Waals surface area contributed by atoms with Crippen molar-refractivity contribution in [2.75, 3.05) is 0 Å². The molecule has 1 atom stereocenters. The van der Waals surface area contributed by atoms with E-state index in [1.54, 1.807) is 0 Å². The van der Waals surface area contributed by atoms with Crippen LogP contribution < -0.4 is 11.1 Å². The predicted octanol–water partition coefficient (Wildman–Crippen LogP) is -0.454. The van der Waals surface area contributed by atoms with Crippen LogP contribution >= 0.6 is 0 Å². The fourth-order valence-electron chi connectivity index (χ4n) is 1.54. The highest BCUT2D eigenvalue weighted by Crippen LogP contribution is 2.26. The molecule has 0 fully saturated rings. The Balaban J connectivity index is 2.86. The fraction of sp³-hybridized carbons (Fsp3) is 0.250. The Labute approximate surface area is 113 Å². The van der Waals surface area contributed by atoms with E-state index in [9.17, 15) is 24.6 Å². The molecule has 1 aromatic rings. The molecule has 0 unspecified atom stereocenters. The quantitative estimate of drug-likeness (QED) is 0.476. The van der Waals surface area contributed by atoms with Gasteiger partial charge in [0.05, 0.1) is 0 Å². The van der Waals surface area contributed by atoms with Crippen molar-refractivity contribution >= 4 is 17.8 Å². The van der Waals surface area contributed by atoms with Gasteiger partial charge in [0.15, 0.2) is 0 Å². The summed E-state index contributed by atoms with van der Waals surface area (Å²) in [5, 5.41) is 30.0. The number of carbonyl (C=O) groups excluding carboxylic acids is 2. The maximum Gasteiger partial charge on any atom is 0.326 e. The molecule has 0 saturated carbocycles. The number of aliphatic carboxylic acids is 1. The zero-order chi connectivity index (χ0) is 15.3. The van der Waals surface area contributed by atoms with Crippen LogP contribution in [0.15, 0.2) is 18.2 Å². The predicted molar refractivity (Wildman–Crippen MR) is 67.1 cm³/mol. The number of hydrogen-bond acceptors (Lipinski definition) is 5. The molecular weight excluding hydrogens is 268 g/mol. The largest absolute Gasteiger partial charge is 0.507 e. The molecule has 2 amide bonds. The number of amides is 2. The highest BCUT2D eigenvalue weighted by atomic mass is 16.4. The maximum absolute atomic E-state index is 11.8. The van der Waals surface area contributed by atoms with E-state index in [0.717, 1.165) is 0 Å². The minimum Gasteiger partial charge on any atom is -0.507 e. The van der Waals surface area contributed by atoms with Crippen LogP contribution in [0, 0.1) is 0 Å². The number of phenolic OH excluding ortho intramolecular Hbond substituents is 2. The molecule has 0 radical (unpaired) electrons. The third-order valence-corrected chi connectivity index (χ3v) is 2.53. The number of phenols is 2. The maximum atomic E-state index is 11.8. The lowest BCUT2D eigenvalue weighted by Gasteiger charge is -2.14. The SMILES string of the molecule is NC(=O)CC[C@H](NC(=O)c1c(O)cccc1O)C(=O)O. The summed E-state index contributed by atoms with van der Waals surface area (Å²) in [4.78, 5) is 33.4. The minimum absolute atomic E-state index is 0.190. The second-order valence-corrected chi connectivity index (χ2v) is 4.04. The van der Waals surface area contributed by atoms with Crippen LogP contribution in [0.1, 0.15) is 23.2 Å². The standard InChI is InChI=1S/C12H14N2O6/c13-9(17)5-4-6(12(19)20)14-11(18)10-7(15)2-1-3-8(10)16/h1-3,6,15-16H,4-5H2,(H2,13,17)(H,14,18)(H,19,20)/t6-/m0/s1. The topological polar surface area (TPSA) is 150 Å². The molecule has 6 N–H and O–H groups in total. The highest BCUT2D eigenvalue weighted by Gasteiger charge is 2.24. The first-order chi connectivity index (χ1) is 9.32. The van der Waals surface area contributed by atoms with Crippen LogP contribution in [0.25, 0.3) is 0 Å². The van der Waals surface area contributed by atoms with Crippen molar-refractivity contribution in [2.45, 2.75) is 18.9 Å². The molecule has 108 valence electrons. The molecule has 0 saturated heterocycles. The Morgan fingerprint density at radius 3 is 2.20 bits per heavy atom. The lowest BCUT2D eigenvalue weighted by atomic mass is 10.1. The average Bonchev–Trinajstić information content (AvgIpc) is 2.33. The molecule has 1 aromatic carbocycles. The second-order valence-electron chi connectivity index (χ2n) is 4.04. The van der Waals surface area contributed by atoms with Crippen LogP contribution in [0.5, 0.6) is 11.5 Å². The molecule has 1 rings (SSSR count). The van der Waals surface area contributed by atoms with E-state index in [2.05, 4.69) is 5.32 Å². The molecule has 8 heteroatoms. The molecular formula is C12H14N2O6. The van der Waals surface area contributed by atoms with Gasteiger partial charge in [-0.3, -0.25) is 9.59 Å². The molecule has 0 aliphatic carbocycles. The number of nitrogens with two attached hydrogens (primary N) is 1. The van der Waals surface area contributed by atoms with Gasteiger partial charge in [0.2, 0.25) is 5.91 Å². The van der Waals surface area contributed by atoms with E-state index >= 15 is 0 Å². The van der Waals surface area contributed by atoms with E-state index < -0.39 is 40.9 Å². The van der Waals surface area contributed by atoms with Gasteiger partial charge >= 0.3 is 5.97 Å². The van der Waals surface area contributed by atoms with E-state index in [1.807, 2.05) is 0 Å². The first-order valence-electron chi connectivity index (χ1n) is 5.66. The number of aromatic hydroxyl groups is 2. The monoisotopic (exact) mass is 282 g/mol. The molecule has 0 spiro atoms. The van der Waals surface area contributed by atoms with Gasteiger partial charge in [0.25, 0.3) is 5.91 Å². The number of benzene rings is 1. The second kappa shape index (κ2) is 6.41. The fourth-order valence-corrected chi connectivity index (χ4v) is 1.54. The number of carboxylic acids is 1. The van der Waals surface area contributed by atoms with Gasteiger partial charge < -0.3 is 26.4 Å². The minimum atomic E-state index is -1.35. The number of carboxylic acid groups (broad SMARTS) is 1. The normalized spacial score (nSPS) is 11.6. The van der Waals surface area contributed by atoms with E-state index in [-0.39, 0.29) is 12.8 Å². The lowest BCUT2D eigenvalue weighted by molar-refractivity contribution is -0.139. The van der Waals surface area contributed by atoms with Crippen LogP contribution in [-0.2, 0) is 9.59 Å². The smallest absolute Gasteiger partial charge is 0.326 e. The van der Waals surface area contributed by atoms with Crippen LogP contribution in [0.4, 0.5) is 0 Å². The molecule has 0 bridgehead atoms. The van der Waals surface area contributed by atoms with Crippen molar-refractivity contribution in [3.05, 3.63) is 23.8 Å². The summed E-state index contributed by atoms with van der Waals surface area (Å²) < 4.78 is 0. The molecule has 0 aromatic heterocycles. The first kappa shape index (κ1) is 15.3. The van der Waals surface area contributed by atoms with Crippen molar-refractivity contribution in [1.82, 2.24) is 5.32 Å². The van der Waals surface area contributed by atoms with Gasteiger partial charge in [-0.15, -0.1) is 0 Å². The van der Waals surface area contributed by atoms with Gasteiger partial charge in [-0.25, -0.2) is 4.79 Å². The van der Waals surface area contributed by atoms with Gasteiger partial charge in [0.1, 0.15) is 23.1 Å². The van der Waals surface area contributed by atoms with Crippen LogP contribution in [0.2, 0.25) is 0 Å². The summed E-state index contributed by atoms with van der Waals surface area (Å²) in [6, 6.07) is 2.32. The van der Waals surface area contributed by atoms with Crippen molar-refractivity contribution in [1.29, 1.82) is 0 Å². The number of hydrogen-bond donors (Lipinski definition) is 5. The molecule has 8 nitrogen and oxygen atoms in total. The van der Waals surface area contributed by atoms with Crippen LogP contribution in [0.3, 0.4) is 0 Å². The van der Waals surface area contributed by atoms with Crippen molar-refractivity contribution in [3.8, 4) is 11.5 Å². The number of rotatable bonds is 6. The van der Waals surface area contributed by atoms with Gasteiger partial charge in [-0.1, -0.05) is 6.07 Å². The highest BCUT2D eigenvalue weighted by molar-refractivity contribution is 6.01. The summed E-state index contributed by atoms with van der Waals surface area (Å²) in [5.74, 6) is -3.98. The van der Waals surface area contributed by atoms with E-state index in [4.69, 9.17) is 10.8 Å². The van der Waals surface area contributed by atoms with E-state index in [0.29, 0.717) is 0 Å².